The second-order valence-electron chi connectivity index (χ2n) is 5.73. The van der Waals surface area contributed by atoms with Crippen molar-refractivity contribution in [3.05, 3.63) is 41.5 Å². The predicted octanol–water partition coefficient (Wildman–Crippen LogP) is 3.25. The number of methoxy groups -OCH3 is 1. The zero-order valence-electron chi connectivity index (χ0n) is 12.5. The highest BCUT2D eigenvalue weighted by molar-refractivity contribution is 8.13. The molecule has 0 aliphatic carbocycles. The van der Waals surface area contributed by atoms with E-state index in [4.69, 9.17) is 4.74 Å². The summed E-state index contributed by atoms with van der Waals surface area (Å²) in [5.74, 6) is 1.57. The third-order valence-corrected chi connectivity index (χ3v) is 5.55. The normalized spacial score (nSPS) is 24.8. The van der Waals surface area contributed by atoms with Crippen LogP contribution in [0.1, 0.15) is 24.8 Å². The molecule has 0 amide bonds. The molecule has 112 valence electrons. The summed E-state index contributed by atoms with van der Waals surface area (Å²) in [6.07, 6.45) is 5.54. The van der Waals surface area contributed by atoms with E-state index in [1.54, 1.807) is 7.11 Å². The number of hydrogen-bond donors (Lipinski definition) is 0. The summed E-state index contributed by atoms with van der Waals surface area (Å²) >= 11 is 1.41. The van der Waals surface area contributed by atoms with Gasteiger partial charge in [0.15, 0.2) is 0 Å². The molecule has 2 aliphatic rings. The van der Waals surface area contributed by atoms with E-state index in [9.17, 15) is 4.79 Å². The first-order valence-electron chi connectivity index (χ1n) is 7.41. The van der Waals surface area contributed by atoms with Crippen molar-refractivity contribution in [3.8, 4) is 5.75 Å². The largest absolute Gasteiger partial charge is 0.497 e. The van der Waals surface area contributed by atoms with Gasteiger partial charge in [-0.1, -0.05) is 30.0 Å². The molecule has 0 spiro atoms. The lowest BCUT2D eigenvalue weighted by Gasteiger charge is -2.30. The number of carbonyl (C=O) groups excluding carboxylic acids is 1. The number of carbonyl (C=O) groups is 1. The van der Waals surface area contributed by atoms with E-state index in [-0.39, 0.29) is 5.12 Å². The number of benzene rings is 1. The van der Waals surface area contributed by atoms with E-state index in [2.05, 4.69) is 18.0 Å². The van der Waals surface area contributed by atoms with E-state index >= 15 is 0 Å². The first-order chi connectivity index (χ1) is 10.2. The van der Waals surface area contributed by atoms with Crippen LogP contribution in [0.25, 0.3) is 0 Å². The molecule has 0 radical (unpaired) electrons. The van der Waals surface area contributed by atoms with E-state index < -0.39 is 0 Å². The van der Waals surface area contributed by atoms with Crippen LogP contribution >= 0.6 is 11.8 Å². The zero-order chi connectivity index (χ0) is 14.8. The van der Waals surface area contributed by atoms with Crippen LogP contribution < -0.4 is 4.74 Å². The number of nitrogens with zero attached hydrogens (tertiary/aromatic N) is 1. The molecule has 0 saturated carbocycles. The Labute approximate surface area is 130 Å². The van der Waals surface area contributed by atoms with Crippen molar-refractivity contribution in [2.24, 2.45) is 0 Å². The zero-order valence-corrected chi connectivity index (χ0v) is 13.4. The van der Waals surface area contributed by atoms with Crippen molar-refractivity contribution >= 4 is 16.9 Å². The molecule has 21 heavy (non-hydrogen) atoms. The molecule has 2 bridgehead atoms. The minimum atomic E-state index is 0.239. The van der Waals surface area contributed by atoms with Crippen LogP contribution in [-0.4, -0.2) is 36.3 Å². The highest BCUT2D eigenvalue weighted by atomic mass is 32.2. The molecule has 0 N–H and O–H groups in total. The molecule has 2 atom stereocenters. The fourth-order valence-corrected chi connectivity index (χ4v) is 4.12. The van der Waals surface area contributed by atoms with Gasteiger partial charge in [-0.05, 0) is 44.0 Å². The van der Waals surface area contributed by atoms with Crippen molar-refractivity contribution < 1.29 is 9.53 Å². The molecule has 2 aliphatic heterocycles. The number of hydrogen-bond acceptors (Lipinski definition) is 4. The molecule has 2 heterocycles. The molecule has 0 aromatic heterocycles. The summed E-state index contributed by atoms with van der Waals surface area (Å²) in [6.45, 7) is 0. The Morgan fingerprint density at radius 2 is 2.10 bits per heavy atom. The summed E-state index contributed by atoms with van der Waals surface area (Å²) in [4.78, 5) is 14.8. The van der Waals surface area contributed by atoms with Crippen LogP contribution in [0.2, 0.25) is 0 Å². The second kappa shape index (κ2) is 6.24. The second-order valence-corrected chi connectivity index (χ2v) is 6.68. The molecule has 0 unspecified atom stereocenters. The molecule has 3 nitrogen and oxygen atoms in total. The van der Waals surface area contributed by atoms with Gasteiger partial charge < -0.3 is 4.74 Å². The Hall–Kier alpha value is -1.26. The van der Waals surface area contributed by atoms with Gasteiger partial charge in [0.25, 0.3) is 0 Å². The van der Waals surface area contributed by atoms with Crippen LogP contribution in [0, 0.1) is 0 Å². The molecule has 4 heteroatoms. The monoisotopic (exact) mass is 303 g/mol. The van der Waals surface area contributed by atoms with Crippen LogP contribution in [0.4, 0.5) is 0 Å². The summed E-state index contributed by atoms with van der Waals surface area (Å²) in [6, 6.07) is 8.92. The summed E-state index contributed by atoms with van der Waals surface area (Å²) < 4.78 is 5.15. The van der Waals surface area contributed by atoms with E-state index in [0.29, 0.717) is 12.1 Å². The van der Waals surface area contributed by atoms with E-state index in [1.165, 1.54) is 18.2 Å². The van der Waals surface area contributed by atoms with E-state index in [1.807, 2.05) is 24.3 Å². The third kappa shape index (κ3) is 3.01. The number of likely N-dealkylation sites (N-methyl/N-ethyl adjacent to an activating group) is 1. The Morgan fingerprint density at radius 1 is 1.33 bits per heavy atom. The lowest BCUT2D eigenvalue weighted by atomic mass is 10.0. The third-order valence-electron chi connectivity index (χ3n) is 4.57. The van der Waals surface area contributed by atoms with Gasteiger partial charge in [0.05, 0.1) is 7.11 Å². The summed E-state index contributed by atoms with van der Waals surface area (Å²) in [7, 11) is 3.81. The van der Waals surface area contributed by atoms with Gasteiger partial charge in [-0.25, -0.2) is 0 Å². The maximum Gasteiger partial charge on any atom is 0.216 e. The van der Waals surface area contributed by atoms with Crippen molar-refractivity contribution in [1.29, 1.82) is 0 Å². The Bertz CT molecular complexity index is 552. The summed E-state index contributed by atoms with van der Waals surface area (Å²) in [5.41, 5.74) is 2.17. The van der Waals surface area contributed by atoms with Gasteiger partial charge in [0, 0.05) is 23.4 Å². The Kier molecular flexibility index (Phi) is 4.36. The SMILES string of the molecule is COc1ccc(CSC(=O)C2=CC[C@@H]3CC[C@H]2N3C)cc1. The smallest absolute Gasteiger partial charge is 0.216 e. The first-order valence-corrected chi connectivity index (χ1v) is 8.39. The van der Waals surface area contributed by atoms with Crippen LogP contribution in [-0.2, 0) is 10.5 Å². The van der Waals surface area contributed by atoms with Crippen LogP contribution in [0.15, 0.2) is 35.9 Å². The van der Waals surface area contributed by atoms with Gasteiger partial charge in [0.1, 0.15) is 5.75 Å². The number of ether oxygens (including phenoxy) is 1. The quantitative estimate of drug-likeness (QED) is 0.854. The van der Waals surface area contributed by atoms with Crippen LogP contribution in [0.5, 0.6) is 5.75 Å². The Morgan fingerprint density at radius 3 is 2.81 bits per heavy atom. The minimum absolute atomic E-state index is 0.239. The minimum Gasteiger partial charge on any atom is -0.497 e. The number of rotatable bonds is 4. The maximum atomic E-state index is 12.5. The standard InChI is InChI=1S/C17H21NO2S/c1-18-13-5-9-15(16(18)10-6-13)17(19)21-11-12-3-7-14(20-2)8-4-12/h3-4,7-9,13,16H,5-6,10-11H2,1-2H3/t13-,16-/m1/s1. The molecule has 1 saturated heterocycles. The van der Waals surface area contributed by atoms with E-state index in [0.717, 1.165) is 35.5 Å². The van der Waals surface area contributed by atoms with Crippen molar-refractivity contribution in [2.45, 2.75) is 37.1 Å². The summed E-state index contributed by atoms with van der Waals surface area (Å²) in [5, 5.41) is 0.239. The first kappa shape index (κ1) is 14.7. The fraction of sp³-hybridized carbons (Fsp3) is 0.471. The maximum absolute atomic E-state index is 12.5. The predicted molar refractivity (Wildman–Crippen MR) is 86.6 cm³/mol. The van der Waals surface area contributed by atoms with Gasteiger partial charge in [-0.3, -0.25) is 9.69 Å². The van der Waals surface area contributed by atoms with Crippen molar-refractivity contribution in [2.75, 3.05) is 14.2 Å². The van der Waals surface area contributed by atoms with Crippen molar-refractivity contribution in [3.63, 3.8) is 0 Å². The molecule has 3 rings (SSSR count). The fourth-order valence-electron chi connectivity index (χ4n) is 3.24. The lowest BCUT2D eigenvalue weighted by molar-refractivity contribution is -0.108. The molecule has 1 aromatic carbocycles. The Balaban J connectivity index is 1.60. The van der Waals surface area contributed by atoms with Crippen molar-refractivity contribution in [1.82, 2.24) is 4.90 Å². The van der Waals surface area contributed by atoms with Crippen LogP contribution in [0.3, 0.4) is 0 Å². The molecule has 1 aromatic rings. The lowest BCUT2D eigenvalue weighted by Crippen LogP contribution is -2.38. The number of thioether (sulfide) groups is 1. The van der Waals surface area contributed by atoms with Gasteiger partial charge >= 0.3 is 0 Å². The highest BCUT2D eigenvalue weighted by Crippen LogP contribution is 2.36. The average molecular weight is 303 g/mol. The topological polar surface area (TPSA) is 29.5 Å². The highest BCUT2D eigenvalue weighted by Gasteiger charge is 2.37. The van der Waals surface area contributed by atoms with Gasteiger partial charge in [-0.15, -0.1) is 0 Å². The number of fused-ring (bicyclic) bond motifs is 2. The molecule has 1 fully saturated rings. The molecular formula is C17H21NO2S. The van der Waals surface area contributed by atoms with Gasteiger partial charge in [0.2, 0.25) is 5.12 Å². The average Bonchev–Trinajstić information content (AvgIpc) is 2.75. The molecular weight excluding hydrogens is 282 g/mol. The van der Waals surface area contributed by atoms with Gasteiger partial charge in [-0.2, -0.15) is 0 Å².